The number of hydrogen-bond donors (Lipinski definition) is 3. The Morgan fingerprint density at radius 3 is 1.24 bits per heavy atom. The second-order valence-electron chi connectivity index (χ2n) is 14.5. The molecule has 0 aliphatic carbocycles. The van der Waals surface area contributed by atoms with Gasteiger partial charge in [-0.1, -0.05) is 96.1 Å². The van der Waals surface area contributed by atoms with Gasteiger partial charge in [0.2, 0.25) is 0 Å². The summed E-state index contributed by atoms with van der Waals surface area (Å²) in [7, 11) is 20.6. The van der Waals surface area contributed by atoms with Crippen LogP contribution < -0.4 is 9.47 Å². The molecule has 0 aromatic heterocycles. The van der Waals surface area contributed by atoms with Gasteiger partial charge in [0, 0.05) is 30.5 Å². The van der Waals surface area contributed by atoms with E-state index in [1.54, 1.807) is 21.1 Å². The molecule has 0 amide bonds. The van der Waals surface area contributed by atoms with Crippen molar-refractivity contribution in [1.29, 1.82) is 0 Å². The van der Waals surface area contributed by atoms with Crippen LogP contribution in [0.4, 0.5) is 13.2 Å². The van der Waals surface area contributed by atoms with Gasteiger partial charge < -0.3 is 61.9 Å². The largest absolute Gasteiger partial charge is 2.00 e. The molecule has 0 spiro atoms. The first-order valence-corrected chi connectivity index (χ1v) is 22.9. The topological polar surface area (TPSA) is 125 Å². The number of alkyl halides is 3. The molecule has 66 heavy (non-hydrogen) atoms. The van der Waals surface area contributed by atoms with Crippen LogP contribution in [0.5, 0.6) is 11.5 Å². The Bertz CT molecular complexity index is 1530. The number of aliphatic hydroxyl groups is 3. The van der Waals surface area contributed by atoms with E-state index in [9.17, 15) is 13.2 Å². The van der Waals surface area contributed by atoms with Crippen molar-refractivity contribution in [2.75, 3.05) is 27.9 Å². The molecule has 6 radical (unpaired) electrons. The Labute approximate surface area is 410 Å². The van der Waals surface area contributed by atoms with Gasteiger partial charge in [-0.15, -0.1) is 0 Å². The molecule has 3 aliphatic rings. The Hall–Kier alpha value is -2.15. The van der Waals surface area contributed by atoms with Crippen LogP contribution in [0, 0.1) is 13.8 Å². The zero-order chi connectivity index (χ0) is 49.7. The van der Waals surface area contributed by atoms with Gasteiger partial charge in [0.25, 0.3) is 0 Å². The van der Waals surface area contributed by atoms with Crippen molar-refractivity contribution in [2.24, 2.45) is 0 Å². The standard InChI is InChI=1S/C22H22O2.C7H13BFO3P.C6H10BFO2.C5H8BFO3.2C3H7.C2H6.Ni/c1-22(17-7-5-4-6-8-17,18-9-13-20(23-2)14-10-18)19-11-15-21(24-3)16-12-19;1-3-4-5(9)6(7(8)11-4)12-13-10-2;1-2-3-4(8)5(9)6(7)10-3;6-5-4(9)3(7)2(1-8)10-5;2*1-3-2;1-2;/h4-16H,1-3H3;4-7,13H,3H2,1-2H3;3-6,9H,2H2,1H3;2-5,8-9H,1H2;2*1,3H2,2H3;1-2H3;/q;;;;2*-1;;+2/t;4-,5+,6?,7-;3-,4+,5?,6-;2-,3+,4?,5-;;;;/m.111..../s1. The van der Waals surface area contributed by atoms with E-state index >= 15 is 0 Å². The Balaban J connectivity index is 0. The average molecular weight is 989 g/mol. The molecule has 370 valence electrons. The third-order valence-electron chi connectivity index (χ3n) is 9.96. The van der Waals surface area contributed by atoms with Crippen molar-refractivity contribution < 1.29 is 77.7 Å². The van der Waals surface area contributed by atoms with E-state index in [-0.39, 0.29) is 30.9 Å². The molecule has 0 bridgehead atoms. The van der Waals surface area contributed by atoms with Gasteiger partial charge in [-0.2, -0.15) is 12.8 Å². The van der Waals surface area contributed by atoms with Crippen LogP contribution in [0.2, 0.25) is 0 Å². The summed E-state index contributed by atoms with van der Waals surface area (Å²) in [6.07, 6.45) is -5.97. The SMILES string of the molecule is CC.COc1ccc(C(C)(c2ccccc2)c2ccc(OC)cc2)cc1.[B][C@@H]1O[C@H](CC)[C@H](F)C1O.[B][C@@H]1O[C@H](CC)[C@H](F)C1OPOC.[B][C@@H]1O[C@H](CO)[C@H](F)C1O.[CH2-]CC.[CH2-]CC.[Ni+2]. The fraction of sp³-hybridized carbons (Fsp3) is 0.583. The summed E-state index contributed by atoms with van der Waals surface area (Å²) >= 11 is 0. The maximum absolute atomic E-state index is 13.4. The predicted octanol–water partition coefficient (Wildman–Crippen LogP) is 8.27. The van der Waals surface area contributed by atoms with E-state index in [4.69, 9.17) is 66.9 Å². The summed E-state index contributed by atoms with van der Waals surface area (Å²) in [5.41, 5.74) is 3.44. The summed E-state index contributed by atoms with van der Waals surface area (Å²) in [6.45, 7) is 20.4. The van der Waals surface area contributed by atoms with Gasteiger partial charge in [0.05, 0.1) is 33.0 Å². The molecule has 3 aromatic carbocycles. The van der Waals surface area contributed by atoms with Crippen LogP contribution in [0.15, 0.2) is 78.9 Å². The molecule has 3 fully saturated rings. The molecule has 18 heteroatoms. The van der Waals surface area contributed by atoms with Crippen molar-refractivity contribution in [1.82, 2.24) is 0 Å². The normalized spacial score (nSPS) is 27.2. The number of aliphatic hydroxyl groups excluding tert-OH is 3. The number of halogens is 3. The van der Waals surface area contributed by atoms with Gasteiger partial charge >= 0.3 is 16.5 Å². The van der Waals surface area contributed by atoms with Crippen LogP contribution in [-0.2, 0) is 45.2 Å². The molecule has 10 nitrogen and oxygen atoms in total. The zero-order valence-electron chi connectivity index (χ0n) is 40.3. The van der Waals surface area contributed by atoms with Gasteiger partial charge in [-0.25, -0.2) is 13.2 Å². The van der Waals surface area contributed by atoms with E-state index in [2.05, 4.69) is 74.0 Å². The molecule has 4 unspecified atom stereocenters. The molecule has 3 aliphatic heterocycles. The van der Waals surface area contributed by atoms with Crippen LogP contribution in [0.1, 0.15) is 90.8 Å². The second kappa shape index (κ2) is 36.8. The maximum Gasteiger partial charge on any atom is 2.00 e. The van der Waals surface area contributed by atoms with E-state index in [0.29, 0.717) is 12.8 Å². The first-order chi connectivity index (χ1) is 31.0. The van der Waals surface area contributed by atoms with Crippen LogP contribution in [0.3, 0.4) is 0 Å². The van der Waals surface area contributed by atoms with Gasteiger partial charge in [-0.05, 0) is 60.7 Å². The molecule has 3 N–H and O–H groups in total. The van der Waals surface area contributed by atoms with Crippen LogP contribution in [0.25, 0.3) is 0 Å². The molecular weight excluding hydrogens is 916 g/mol. The summed E-state index contributed by atoms with van der Waals surface area (Å²) in [6, 6.07) is 24.6. The van der Waals surface area contributed by atoms with Crippen molar-refractivity contribution >= 4 is 32.6 Å². The Morgan fingerprint density at radius 2 is 0.970 bits per heavy atom. The molecule has 3 saturated heterocycles. The summed E-state index contributed by atoms with van der Waals surface area (Å²) in [5.74, 6) is 1.73. The molecule has 6 rings (SSSR count). The summed E-state index contributed by atoms with van der Waals surface area (Å²) < 4.78 is 73.9. The molecule has 0 saturated carbocycles. The van der Waals surface area contributed by atoms with Crippen molar-refractivity contribution in [3.8, 4) is 11.5 Å². The molecule has 13 atom stereocenters. The van der Waals surface area contributed by atoms with Crippen molar-refractivity contribution in [3.63, 3.8) is 0 Å². The predicted molar refractivity (Wildman–Crippen MR) is 258 cm³/mol. The van der Waals surface area contributed by atoms with E-state index < -0.39 is 79.8 Å². The zero-order valence-corrected chi connectivity index (χ0v) is 42.3. The molecule has 3 aromatic rings. The summed E-state index contributed by atoms with van der Waals surface area (Å²) in [5, 5.41) is 26.2. The first kappa shape index (κ1) is 65.9. The van der Waals surface area contributed by atoms with E-state index in [1.165, 1.54) is 23.8 Å². The van der Waals surface area contributed by atoms with Gasteiger partial charge in [-0.3, -0.25) is 0 Å². The van der Waals surface area contributed by atoms with Crippen LogP contribution in [-0.4, -0.2) is 140 Å². The van der Waals surface area contributed by atoms with Crippen LogP contribution >= 0.6 is 9.03 Å². The average Bonchev–Trinajstić information content (AvgIpc) is 3.87. The van der Waals surface area contributed by atoms with Crippen molar-refractivity contribution in [3.05, 3.63) is 109 Å². The quantitative estimate of drug-likeness (QED) is 0.0749. The number of ether oxygens (including phenoxy) is 5. The van der Waals surface area contributed by atoms with E-state index in [1.807, 2.05) is 65.0 Å². The third-order valence-corrected chi connectivity index (χ3v) is 10.5. The van der Waals surface area contributed by atoms with Crippen molar-refractivity contribution in [2.45, 2.75) is 153 Å². The molecule has 3 heterocycles. The smallest absolute Gasteiger partial charge is 0.497 e. The minimum Gasteiger partial charge on any atom is -0.497 e. The minimum absolute atomic E-state index is 0. The number of hydrogen-bond acceptors (Lipinski definition) is 10. The minimum atomic E-state index is -1.57. The number of benzene rings is 3. The molecular formula is C48H73B3F3NiO10P. The fourth-order valence-corrected chi connectivity index (χ4v) is 6.88. The fourth-order valence-electron chi connectivity index (χ4n) is 6.41. The monoisotopic (exact) mass is 988 g/mol. The maximum atomic E-state index is 13.4. The number of methoxy groups -OCH3 is 2. The Morgan fingerprint density at radius 1 is 0.621 bits per heavy atom. The van der Waals surface area contributed by atoms with E-state index in [0.717, 1.165) is 24.3 Å². The van der Waals surface area contributed by atoms with Gasteiger partial charge in [0.15, 0.2) is 27.5 Å². The Kier molecular flexibility index (Phi) is 36.7. The second-order valence-corrected chi connectivity index (χ2v) is 15.4. The number of rotatable bonds is 11. The third kappa shape index (κ3) is 20.4. The van der Waals surface area contributed by atoms with Gasteiger partial charge in [0.1, 0.15) is 59.5 Å². The summed E-state index contributed by atoms with van der Waals surface area (Å²) in [4.78, 5) is 0. The first-order valence-electron chi connectivity index (χ1n) is 22.0.